The molecule has 0 radical (unpaired) electrons. The molecule has 1 aromatic heterocycles. The number of ether oxygens (including phenoxy) is 1. The molecule has 0 saturated carbocycles. The maximum absolute atomic E-state index is 5.97. The number of aryl methyl sites for hydroxylation is 1. The first-order chi connectivity index (χ1) is 13.2. The summed E-state index contributed by atoms with van der Waals surface area (Å²) in [6.07, 6.45) is 2.44. The van der Waals surface area contributed by atoms with Crippen molar-refractivity contribution in [2.75, 3.05) is 46.9 Å². The normalized spacial score (nSPS) is 16.8. The highest BCUT2D eigenvalue weighted by molar-refractivity contribution is 5.82. The van der Waals surface area contributed by atoms with Crippen LogP contribution >= 0.6 is 0 Å². The molecule has 1 saturated heterocycles. The maximum Gasteiger partial charge on any atom is 0.191 e. The molecule has 1 aromatic carbocycles. The molecule has 2 heterocycles. The van der Waals surface area contributed by atoms with Gasteiger partial charge in [0, 0.05) is 38.2 Å². The molecule has 0 aliphatic carbocycles. The minimum atomic E-state index is 0.635. The summed E-state index contributed by atoms with van der Waals surface area (Å²) in [5, 5.41) is 8.03. The van der Waals surface area contributed by atoms with Gasteiger partial charge in [-0.25, -0.2) is 0 Å². The standard InChI is InChI=1S/C21H32N4O2/c1-16-18-6-4-5-7-19(18)27-20(16)15-24-21(22-2)23-14-17-8-10-25(11-9-17)12-13-26-3/h4-7,17H,8-15H2,1-3H3,(H2,22,23,24). The Hall–Kier alpha value is -2.05. The first-order valence-corrected chi connectivity index (χ1v) is 9.84. The molecular formula is C21H32N4O2. The minimum absolute atomic E-state index is 0.635. The average Bonchev–Trinajstić information content (AvgIpc) is 3.03. The zero-order chi connectivity index (χ0) is 19.1. The molecular weight excluding hydrogens is 340 g/mol. The van der Waals surface area contributed by atoms with Gasteiger partial charge < -0.3 is 24.7 Å². The highest BCUT2D eigenvalue weighted by Crippen LogP contribution is 2.24. The molecule has 0 amide bonds. The fourth-order valence-electron chi connectivity index (χ4n) is 3.65. The lowest BCUT2D eigenvalue weighted by molar-refractivity contribution is 0.121. The van der Waals surface area contributed by atoms with E-state index in [2.05, 4.69) is 33.5 Å². The van der Waals surface area contributed by atoms with Crippen molar-refractivity contribution in [2.24, 2.45) is 10.9 Å². The van der Waals surface area contributed by atoms with Crippen LogP contribution in [0.4, 0.5) is 0 Å². The molecule has 0 atom stereocenters. The average molecular weight is 373 g/mol. The number of nitrogens with one attached hydrogen (secondary N) is 2. The molecule has 0 bridgehead atoms. The molecule has 6 nitrogen and oxygen atoms in total. The van der Waals surface area contributed by atoms with Gasteiger partial charge in [-0.3, -0.25) is 4.99 Å². The topological polar surface area (TPSA) is 62.0 Å². The van der Waals surface area contributed by atoms with E-state index in [0.29, 0.717) is 12.5 Å². The zero-order valence-electron chi connectivity index (χ0n) is 16.8. The van der Waals surface area contributed by atoms with E-state index in [9.17, 15) is 0 Å². The summed E-state index contributed by atoms with van der Waals surface area (Å²) in [6.45, 7) is 7.86. The van der Waals surface area contributed by atoms with E-state index in [1.807, 2.05) is 25.2 Å². The summed E-state index contributed by atoms with van der Waals surface area (Å²) in [5.74, 6) is 2.48. The van der Waals surface area contributed by atoms with Crippen molar-refractivity contribution in [3.05, 3.63) is 35.6 Å². The number of likely N-dealkylation sites (tertiary alicyclic amines) is 1. The van der Waals surface area contributed by atoms with Gasteiger partial charge in [0.05, 0.1) is 13.2 Å². The van der Waals surface area contributed by atoms with Gasteiger partial charge in [-0.05, 0) is 44.8 Å². The van der Waals surface area contributed by atoms with Crippen LogP contribution < -0.4 is 10.6 Å². The van der Waals surface area contributed by atoms with E-state index in [1.54, 1.807) is 7.11 Å². The molecule has 148 valence electrons. The van der Waals surface area contributed by atoms with Crippen molar-refractivity contribution in [1.29, 1.82) is 0 Å². The second-order valence-corrected chi connectivity index (χ2v) is 7.23. The van der Waals surface area contributed by atoms with E-state index in [4.69, 9.17) is 9.15 Å². The number of furan rings is 1. The fraction of sp³-hybridized carbons (Fsp3) is 0.571. The zero-order valence-corrected chi connectivity index (χ0v) is 16.8. The Morgan fingerprint density at radius 3 is 2.74 bits per heavy atom. The van der Waals surface area contributed by atoms with Crippen LogP contribution in [0.25, 0.3) is 11.0 Å². The lowest BCUT2D eigenvalue weighted by atomic mass is 9.97. The summed E-state index contributed by atoms with van der Waals surface area (Å²) < 4.78 is 11.1. The van der Waals surface area contributed by atoms with Crippen LogP contribution in [0.3, 0.4) is 0 Å². The van der Waals surface area contributed by atoms with E-state index in [-0.39, 0.29) is 0 Å². The minimum Gasteiger partial charge on any atom is -0.459 e. The smallest absolute Gasteiger partial charge is 0.191 e. The van der Waals surface area contributed by atoms with Crippen LogP contribution in [0.15, 0.2) is 33.7 Å². The lowest BCUT2D eigenvalue weighted by Crippen LogP contribution is -2.43. The molecule has 1 aliphatic heterocycles. The first kappa shape index (κ1) is 19.7. The van der Waals surface area contributed by atoms with Gasteiger partial charge in [0.25, 0.3) is 0 Å². The second-order valence-electron chi connectivity index (χ2n) is 7.23. The van der Waals surface area contributed by atoms with E-state index < -0.39 is 0 Å². The van der Waals surface area contributed by atoms with E-state index >= 15 is 0 Å². The second kappa shape index (κ2) is 9.76. The van der Waals surface area contributed by atoms with Crippen LogP contribution in [-0.2, 0) is 11.3 Å². The van der Waals surface area contributed by atoms with Crippen molar-refractivity contribution in [3.63, 3.8) is 0 Å². The molecule has 6 heteroatoms. The monoisotopic (exact) mass is 372 g/mol. The van der Waals surface area contributed by atoms with Gasteiger partial charge in [0.15, 0.2) is 5.96 Å². The molecule has 0 spiro atoms. The third kappa shape index (κ3) is 5.23. The summed E-state index contributed by atoms with van der Waals surface area (Å²) in [4.78, 5) is 6.84. The van der Waals surface area contributed by atoms with Gasteiger partial charge in [-0.1, -0.05) is 18.2 Å². The Morgan fingerprint density at radius 2 is 2.04 bits per heavy atom. The van der Waals surface area contributed by atoms with Crippen molar-refractivity contribution in [2.45, 2.75) is 26.3 Å². The van der Waals surface area contributed by atoms with Crippen LogP contribution in [0.5, 0.6) is 0 Å². The summed E-state index contributed by atoms with van der Waals surface area (Å²) in [5.41, 5.74) is 2.13. The number of methoxy groups -OCH3 is 1. The van der Waals surface area contributed by atoms with Crippen LogP contribution in [0, 0.1) is 12.8 Å². The van der Waals surface area contributed by atoms with Gasteiger partial charge in [0.2, 0.25) is 0 Å². The Labute approximate surface area is 162 Å². The molecule has 2 aromatic rings. The number of nitrogens with zero attached hydrogens (tertiary/aromatic N) is 2. The third-order valence-electron chi connectivity index (χ3n) is 5.46. The fourth-order valence-corrected chi connectivity index (χ4v) is 3.65. The van der Waals surface area contributed by atoms with E-state index in [1.165, 1.54) is 23.8 Å². The summed E-state index contributed by atoms with van der Waals surface area (Å²) >= 11 is 0. The number of fused-ring (bicyclic) bond motifs is 1. The van der Waals surface area contributed by atoms with Gasteiger partial charge >= 0.3 is 0 Å². The molecule has 1 aliphatic rings. The van der Waals surface area contributed by atoms with Crippen molar-refractivity contribution < 1.29 is 9.15 Å². The highest BCUT2D eigenvalue weighted by atomic mass is 16.5. The van der Waals surface area contributed by atoms with Gasteiger partial charge in [-0.15, -0.1) is 0 Å². The van der Waals surface area contributed by atoms with Crippen LogP contribution in [-0.4, -0.2) is 57.8 Å². The number of benzene rings is 1. The first-order valence-electron chi connectivity index (χ1n) is 9.84. The molecule has 3 rings (SSSR count). The predicted molar refractivity (Wildman–Crippen MR) is 110 cm³/mol. The van der Waals surface area contributed by atoms with Crippen molar-refractivity contribution in [3.8, 4) is 0 Å². The lowest BCUT2D eigenvalue weighted by Gasteiger charge is -2.32. The SMILES string of the molecule is CN=C(NCc1oc2ccccc2c1C)NCC1CCN(CCOC)CC1. The number of guanidine groups is 1. The molecule has 0 unspecified atom stereocenters. The molecule has 1 fully saturated rings. The van der Waals surface area contributed by atoms with Crippen molar-refractivity contribution >= 4 is 16.9 Å². The number of hydrogen-bond donors (Lipinski definition) is 2. The maximum atomic E-state index is 5.97. The Morgan fingerprint density at radius 1 is 1.26 bits per heavy atom. The Balaban J connectivity index is 1.44. The highest BCUT2D eigenvalue weighted by Gasteiger charge is 2.19. The number of aliphatic imine (C=N–C) groups is 1. The number of rotatable bonds is 7. The van der Waals surface area contributed by atoms with Gasteiger partial charge in [-0.2, -0.15) is 0 Å². The number of hydrogen-bond acceptors (Lipinski definition) is 4. The van der Waals surface area contributed by atoms with Crippen LogP contribution in [0.1, 0.15) is 24.2 Å². The van der Waals surface area contributed by atoms with E-state index in [0.717, 1.165) is 50.1 Å². The third-order valence-corrected chi connectivity index (χ3v) is 5.46. The van der Waals surface area contributed by atoms with Crippen molar-refractivity contribution in [1.82, 2.24) is 15.5 Å². The van der Waals surface area contributed by atoms with Gasteiger partial charge in [0.1, 0.15) is 11.3 Å². The summed E-state index contributed by atoms with van der Waals surface area (Å²) in [7, 11) is 3.58. The Bertz CT molecular complexity index is 748. The number of piperidine rings is 1. The largest absolute Gasteiger partial charge is 0.459 e. The predicted octanol–water partition coefficient (Wildman–Crippen LogP) is 2.76. The molecule has 27 heavy (non-hydrogen) atoms. The quantitative estimate of drug-likeness (QED) is 0.578. The summed E-state index contributed by atoms with van der Waals surface area (Å²) in [6, 6.07) is 8.16. The van der Waals surface area contributed by atoms with Crippen LogP contribution in [0.2, 0.25) is 0 Å². The Kier molecular flexibility index (Phi) is 7.12. The number of para-hydroxylation sites is 1. The molecule has 2 N–H and O–H groups in total.